The molecule has 0 saturated heterocycles. The fraction of sp³-hybridized carbons (Fsp3) is 0.364. The number of benzene rings is 1. The third-order valence-corrected chi connectivity index (χ3v) is 4.07. The van der Waals surface area contributed by atoms with Crippen molar-refractivity contribution in [2.75, 3.05) is 32.5 Å². The normalized spacial score (nSPS) is 11.3. The van der Waals surface area contributed by atoms with Crippen molar-refractivity contribution in [3.8, 4) is 0 Å². The molecule has 0 fully saturated rings. The summed E-state index contributed by atoms with van der Waals surface area (Å²) in [7, 11) is -2.31. The third kappa shape index (κ3) is 4.97. The molecule has 0 radical (unpaired) electrons. The number of ether oxygens (including phenoxy) is 1. The van der Waals surface area contributed by atoms with Crippen molar-refractivity contribution in [3.05, 3.63) is 23.2 Å². The van der Waals surface area contributed by atoms with E-state index in [0.29, 0.717) is 13.2 Å². The Morgan fingerprint density at radius 3 is 2.75 bits per heavy atom. The van der Waals surface area contributed by atoms with Crippen molar-refractivity contribution in [2.45, 2.75) is 4.90 Å². The summed E-state index contributed by atoms with van der Waals surface area (Å²) in [6.07, 6.45) is 0. The second kappa shape index (κ2) is 7.44. The first-order valence-corrected chi connectivity index (χ1v) is 7.53. The van der Waals surface area contributed by atoms with Gasteiger partial charge in [0.2, 0.25) is 15.9 Å². The Hall–Kier alpha value is -1.35. The van der Waals surface area contributed by atoms with Gasteiger partial charge in [-0.2, -0.15) is 0 Å². The molecular weight excluding hydrogens is 306 g/mol. The molecule has 7 nitrogen and oxygen atoms in total. The number of hydrogen-bond acceptors (Lipinski definition) is 5. The van der Waals surface area contributed by atoms with Crippen molar-refractivity contribution < 1.29 is 17.9 Å². The van der Waals surface area contributed by atoms with Crippen LogP contribution in [0.1, 0.15) is 0 Å². The highest BCUT2D eigenvalue weighted by Crippen LogP contribution is 2.21. The first kappa shape index (κ1) is 16.7. The molecule has 0 saturated carbocycles. The SMILES string of the molecule is COCCNC(=O)CNS(=O)(=O)c1ccc(Cl)c(N)c1. The molecule has 0 spiro atoms. The van der Waals surface area contributed by atoms with Crippen LogP contribution >= 0.6 is 11.6 Å². The van der Waals surface area contributed by atoms with Gasteiger partial charge in [0.1, 0.15) is 0 Å². The molecule has 9 heteroatoms. The number of nitrogens with one attached hydrogen (secondary N) is 2. The molecular formula is C11H16ClN3O4S. The molecule has 1 aromatic rings. The number of amides is 1. The van der Waals surface area contributed by atoms with Gasteiger partial charge in [0.15, 0.2) is 0 Å². The number of methoxy groups -OCH3 is 1. The molecule has 1 aromatic carbocycles. The first-order valence-electron chi connectivity index (χ1n) is 5.67. The van der Waals surface area contributed by atoms with Crippen LogP contribution in [0.15, 0.2) is 23.1 Å². The molecule has 0 aromatic heterocycles. The predicted molar refractivity (Wildman–Crippen MR) is 75.9 cm³/mol. The number of carbonyl (C=O) groups excluding carboxylic acids is 1. The highest BCUT2D eigenvalue weighted by molar-refractivity contribution is 7.89. The van der Waals surface area contributed by atoms with Crippen LogP contribution in [0.25, 0.3) is 0 Å². The molecule has 4 N–H and O–H groups in total. The lowest BCUT2D eigenvalue weighted by Crippen LogP contribution is -2.38. The summed E-state index contributed by atoms with van der Waals surface area (Å²) in [5.41, 5.74) is 5.69. The average molecular weight is 322 g/mol. The largest absolute Gasteiger partial charge is 0.397 e. The molecule has 20 heavy (non-hydrogen) atoms. The molecule has 1 rings (SSSR count). The lowest BCUT2D eigenvalue weighted by atomic mass is 10.3. The summed E-state index contributed by atoms with van der Waals surface area (Å²) in [4.78, 5) is 11.3. The molecule has 0 heterocycles. The summed E-state index contributed by atoms with van der Waals surface area (Å²) in [5, 5.41) is 2.76. The maximum Gasteiger partial charge on any atom is 0.241 e. The predicted octanol–water partition coefficient (Wildman–Crippen LogP) is -0.0369. The second-order valence-corrected chi connectivity index (χ2v) is 6.02. The van der Waals surface area contributed by atoms with E-state index >= 15 is 0 Å². The third-order valence-electron chi connectivity index (χ3n) is 2.33. The molecule has 112 valence electrons. The zero-order valence-electron chi connectivity index (χ0n) is 10.8. The summed E-state index contributed by atoms with van der Waals surface area (Å²) in [5.74, 6) is -0.451. The Bertz CT molecular complexity index is 577. The Kier molecular flexibility index (Phi) is 6.21. The summed E-state index contributed by atoms with van der Waals surface area (Å²) in [6.45, 7) is 0.297. The van der Waals surface area contributed by atoms with Gasteiger partial charge in [0.25, 0.3) is 0 Å². The highest BCUT2D eigenvalue weighted by atomic mass is 35.5. The van der Waals surface area contributed by atoms with E-state index in [1.165, 1.54) is 25.3 Å². The van der Waals surface area contributed by atoms with E-state index in [-0.39, 0.29) is 22.2 Å². The number of sulfonamides is 1. The molecule has 1 amide bonds. The summed E-state index contributed by atoms with van der Waals surface area (Å²) < 4.78 is 30.8. The zero-order valence-corrected chi connectivity index (χ0v) is 12.4. The van der Waals surface area contributed by atoms with Crippen LogP contribution in [-0.2, 0) is 19.6 Å². The van der Waals surface area contributed by atoms with Crippen molar-refractivity contribution in [3.63, 3.8) is 0 Å². The van der Waals surface area contributed by atoms with Gasteiger partial charge in [0, 0.05) is 13.7 Å². The molecule has 0 atom stereocenters. The Balaban J connectivity index is 2.61. The lowest BCUT2D eigenvalue weighted by molar-refractivity contribution is -0.120. The van der Waals surface area contributed by atoms with Crippen LogP contribution < -0.4 is 15.8 Å². The van der Waals surface area contributed by atoms with Gasteiger partial charge in [-0.15, -0.1) is 0 Å². The Morgan fingerprint density at radius 2 is 2.15 bits per heavy atom. The fourth-order valence-electron chi connectivity index (χ4n) is 1.29. The molecule has 0 aliphatic rings. The van der Waals surface area contributed by atoms with Crippen molar-refractivity contribution in [2.24, 2.45) is 0 Å². The van der Waals surface area contributed by atoms with Crippen molar-refractivity contribution in [1.82, 2.24) is 10.0 Å². The van der Waals surface area contributed by atoms with Crippen molar-refractivity contribution in [1.29, 1.82) is 0 Å². The van der Waals surface area contributed by atoms with E-state index in [4.69, 9.17) is 22.1 Å². The quantitative estimate of drug-likeness (QED) is 0.482. The Morgan fingerprint density at radius 1 is 1.45 bits per heavy atom. The highest BCUT2D eigenvalue weighted by Gasteiger charge is 2.16. The monoisotopic (exact) mass is 321 g/mol. The second-order valence-electron chi connectivity index (χ2n) is 3.85. The number of anilines is 1. The number of hydrogen-bond donors (Lipinski definition) is 3. The number of rotatable bonds is 7. The summed E-state index contributed by atoms with van der Waals surface area (Å²) in [6, 6.07) is 3.92. The van der Waals surface area contributed by atoms with E-state index in [9.17, 15) is 13.2 Å². The van der Waals surface area contributed by atoms with Crippen molar-refractivity contribution >= 4 is 33.2 Å². The van der Waals surface area contributed by atoms with E-state index < -0.39 is 15.9 Å². The number of halogens is 1. The number of nitrogens with two attached hydrogens (primary N) is 1. The van der Waals surface area contributed by atoms with E-state index in [1.807, 2.05) is 0 Å². The van der Waals surface area contributed by atoms with Gasteiger partial charge in [-0.25, -0.2) is 13.1 Å². The van der Waals surface area contributed by atoms with E-state index in [1.54, 1.807) is 0 Å². The molecule has 0 bridgehead atoms. The average Bonchev–Trinajstić information content (AvgIpc) is 2.40. The van der Waals surface area contributed by atoms with Gasteiger partial charge in [-0.3, -0.25) is 4.79 Å². The molecule has 0 unspecified atom stereocenters. The van der Waals surface area contributed by atoms with Crippen LogP contribution in [0, 0.1) is 0 Å². The van der Waals surface area contributed by atoms with Gasteiger partial charge in [0.05, 0.1) is 28.8 Å². The minimum atomic E-state index is -3.81. The minimum Gasteiger partial charge on any atom is -0.397 e. The summed E-state index contributed by atoms with van der Waals surface area (Å²) >= 11 is 5.71. The van der Waals surface area contributed by atoms with Gasteiger partial charge < -0.3 is 15.8 Å². The van der Waals surface area contributed by atoms with E-state index in [0.717, 1.165) is 0 Å². The minimum absolute atomic E-state index is 0.0518. The fourth-order valence-corrected chi connectivity index (χ4v) is 2.42. The Labute approximate surface area is 122 Å². The smallest absolute Gasteiger partial charge is 0.241 e. The van der Waals surface area contributed by atoms with Crippen LogP contribution in [0.4, 0.5) is 5.69 Å². The first-order chi connectivity index (χ1) is 9.36. The standard InChI is InChI=1S/C11H16ClN3O4S/c1-19-5-4-14-11(16)7-15-20(17,18)8-2-3-9(12)10(13)6-8/h2-3,6,15H,4-5,7,13H2,1H3,(H,14,16). The molecule has 0 aliphatic heterocycles. The van der Waals surface area contributed by atoms with Crippen LogP contribution in [0.5, 0.6) is 0 Å². The van der Waals surface area contributed by atoms with E-state index in [2.05, 4.69) is 10.0 Å². The zero-order chi connectivity index (χ0) is 15.2. The van der Waals surface area contributed by atoms with Gasteiger partial charge >= 0.3 is 0 Å². The van der Waals surface area contributed by atoms with Crippen LogP contribution in [-0.4, -0.2) is 41.1 Å². The molecule has 0 aliphatic carbocycles. The number of nitrogen functional groups attached to an aromatic ring is 1. The van der Waals surface area contributed by atoms with Gasteiger partial charge in [-0.1, -0.05) is 11.6 Å². The maximum atomic E-state index is 11.9. The van der Waals surface area contributed by atoms with Gasteiger partial charge in [-0.05, 0) is 18.2 Å². The van der Waals surface area contributed by atoms with Crippen LogP contribution in [0.3, 0.4) is 0 Å². The topological polar surface area (TPSA) is 111 Å². The maximum absolute atomic E-state index is 11.9. The lowest BCUT2D eigenvalue weighted by Gasteiger charge is -2.08. The number of carbonyl (C=O) groups is 1. The van der Waals surface area contributed by atoms with Crippen LogP contribution in [0.2, 0.25) is 5.02 Å².